The van der Waals surface area contributed by atoms with Crippen molar-refractivity contribution in [3.8, 4) is 17.2 Å². The quantitative estimate of drug-likeness (QED) is 0.300. The molecule has 0 bridgehead atoms. The van der Waals surface area contributed by atoms with Crippen molar-refractivity contribution in [3.63, 3.8) is 0 Å². The number of hydrogen-bond donors (Lipinski definition) is 2. The standard InChI is InChI=1S/C29H29F2N7O4/c1-5-26(39)33-20-14-21(24(41-4)15-22(20)38-10-8-36(2)9-11-38)34-29-32-16-17-12-25(28(40)37(3)27(17)35-29)42-23-7-6-18(30)13-19(23)31/h5-7,12-16H,1,8-11H2,2-4H3,(H,33,39)(H,32,34,35). The van der Waals surface area contributed by atoms with Gasteiger partial charge in [0.15, 0.2) is 17.3 Å². The maximum absolute atomic E-state index is 14.1. The van der Waals surface area contributed by atoms with Gasteiger partial charge in [0.25, 0.3) is 5.56 Å². The van der Waals surface area contributed by atoms with E-state index in [0.29, 0.717) is 28.6 Å². The molecule has 1 saturated heterocycles. The van der Waals surface area contributed by atoms with Crippen molar-refractivity contribution in [1.29, 1.82) is 0 Å². The fraction of sp³-hybridized carbons (Fsp3) is 0.241. The van der Waals surface area contributed by atoms with Gasteiger partial charge in [-0.05, 0) is 37.4 Å². The number of rotatable bonds is 8. The molecule has 1 amide bonds. The molecule has 0 spiro atoms. The van der Waals surface area contributed by atoms with E-state index >= 15 is 0 Å². The molecule has 2 aromatic carbocycles. The topological polar surface area (TPSA) is 114 Å². The normalized spacial score (nSPS) is 13.6. The highest BCUT2D eigenvalue weighted by molar-refractivity contribution is 6.02. The number of amides is 1. The first-order valence-corrected chi connectivity index (χ1v) is 13.0. The van der Waals surface area contributed by atoms with Crippen molar-refractivity contribution in [2.24, 2.45) is 7.05 Å². The van der Waals surface area contributed by atoms with Crippen LogP contribution >= 0.6 is 0 Å². The van der Waals surface area contributed by atoms with Crippen LogP contribution in [0.1, 0.15) is 0 Å². The number of carbonyl (C=O) groups excluding carboxylic acids is 1. The Morgan fingerprint density at radius 2 is 1.79 bits per heavy atom. The lowest BCUT2D eigenvalue weighted by Gasteiger charge is -2.35. The average Bonchev–Trinajstić information content (AvgIpc) is 2.98. The van der Waals surface area contributed by atoms with E-state index in [1.807, 2.05) is 6.07 Å². The molecule has 5 rings (SSSR count). The monoisotopic (exact) mass is 577 g/mol. The molecule has 1 fully saturated rings. The number of nitrogens with zero attached hydrogens (tertiary/aromatic N) is 5. The molecule has 2 N–H and O–H groups in total. The van der Waals surface area contributed by atoms with E-state index in [1.54, 1.807) is 6.07 Å². The molecule has 0 radical (unpaired) electrons. The van der Waals surface area contributed by atoms with Crippen LogP contribution in [0.4, 0.5) is 31.8 Å². The zero-order valence-electron chi connectivity index (χ0n) is 23.3. The molecular weight excluding hydrogens is 548 g/mol. The van der Waals surface area contributed by atoms with Gasteiger partial charge in [-0.1, -0.05) is 6.58 Å². The van der Waals surface area contributed by atoms with Gasteiger partial charge in [0.1, 0.15) is 17.2 Å². The van der Waals surface area contributed by atoms with Crippen LogP contribution in [-0.2, 0) is 11.8 Å². The van der Waals surface area contributed by atoms with Gasteiger partial charge in [-0.15, -0.1) is 0 Å². The summed E-state index contributed by atoms with van der Waals surface area (Å²) in [5.74, 6) is -1.89. The molecule has 0 aliphatic carbocycles. The lowest BCUT2D eigenvalue weighted by molar-refractivity contribution is -0.111. The number of methoxy groups -OCH3 is 1. The van der Waals surface area contributed by atoms with Gasteiger partial charge < -0.3 is 29.9 Å². The predicted octanol–water partition coefficient (Wildman–Crippen LogP) is 4.03. The molecule has 13 heteroatoms. The van der Waals surface area contributed by atoms with Crippen LogP contribution in [0.25, 0.3) is 11.0 Å². The second kappa shape index (κ2) is 11.8. The van der Waals surface area contributed by atoms with Crippen molar-refractivity contribution >= 4 is 40.0 Å². The van der Waals surface area contributed by atoms with Gasteiger partial charge in [0.05, 0.1) is 24.2 Å². The zero-order chi connectivity index (χ0) is 30.0. The van der Waals surface area contributed by atoms with Gasteiger partial charge >= 0.3 is 0 Å². The van der Waals surface area contributed by atoms with Gasteiger partial charge in [0, 0.05) is 56.9 Å². The number of aryl methyl sites for hydroxylation is 1. The molecule has 1 aliphatic rings. The number of benzene rings is 2. The number of aromatic nitrogens is 3. The fourth-order valence-corrected chi connectivity index (χ4v) is 4.58. The van der Waals surface area contributed by atoms with Crippen LogP contribution in [0.15, 0.2) is 60.0 Å². The van der Waals surface area contributed by atoms with Gasteiger partial charge in [-0.2, -0.15) is 4.98 Å². The summed E-state index contributed by atoms with van der Waals surface area (Å²) in [6.07, 6.45) is 2.67. The number of pyridine rings is 1. The van der Waals surface area contributed by atoms with E-state index in [2.05, 4.69) is 44.0 Å². The largest absolute Gasteiger partial charge is 0.494 e. The number of nitrogens with one attached hydrogen (secondary N) is 2. The van der Waals surface area contributed by atoms with Crippen LogP contribution in [0.2, 0.25) is 0 Å². The van der Waals surface area contributed by atoms with E-state index in [9.17, 15) is 18.4 Å². The van der Waals surface area contributed by atoms with Crippen molar-refractivity contribution in [2.45, 2.75) is 0 Å². The number of carbonyl (C=O) groups is 1. The van der Waals surface area contributed by atoms with Gasteiger partial charge in [-0.3, -0.25) is 14.2 Å². The number of halogens is 2. The summed E-state index contributed by atoms with van der Waals surface area (Å²) in [6.45, 7) is 6.82. The molecule has 42 heavy (non-hydrogen) atoms. The van der Waals surface area contributed by atoms with Crippen molar-refractivity contribution < 1.29 is 23.0 Å². The number of fused-ring (bicyclic) bond motifs is 1. The molecule has 0 atom stereocenters. The third kappa shape index (κ3) is 5.86. The highest BCUT2D eigenvalue weighted by Gasteiger charge is 2.21. The lowest BCUT2D eigenvalue weighted by atomic mass is 10.1. The molecule has 4 aromatic rings. The first-order valence-electron chi connectivity index (χ1n) is 13.0. The highest BCUT2D eigenvalue weighted by atomic mass is 19.1. The Morgan fingerprint density at radius 1 is 1.02 bits per heavy atom. The zero-order valence-corrected chi connectivity index (χ0v) is 23.3. The van der Waals surface area contributed by atoms with Crippen LogP contribution in [0.3, 0.4) is 0 Å². The minimum atomic E-state index is -0.941. The number of anilines is 4. The van der Waals surface area contributed by atoms with Crippen molar-refractivity contribution in [3.05, 3.63) is 77.2 Å². The molecule has 0 unspecified atom stereocenters. The first-order chi connectivity index (χ1) is 20.2. The summed E-state index contributed by atoms with van der Waals surface area (Å²) in [5, 5.41) is 6.43. The molecular formula is C29H29F2N7O4. The number of piperazine rings is 1. The molecule has 0 saturated carbocycles. The Hall–Kier alpha value is -5.04. The summed E-state index contributed by atoms with van der Waals surface area (Å²) in [5.41, 5.74) is 1.52. The Morgan fingerprint density at radius 3 is 2.48 bits per heavy atom. The second-order valence-electron chi connectivity index (χ2n) is 9.70. The van der Waals surface area contributed by atoms with E-state index in [0.717, 1.165) is 44.0 Å². The Kier molecular flexibility index (Phi) is 8.02. The average molecular weight is 578 g/mol. The Labute approximate surface area is 240 Å². The lowest BCUT2D eigenvalue weighted by Crippen LogP contribution is -2.44. The van der Waals surface area contributed by atoms with Crippen LogP contribution < -0.4 is 30.6 Å². The summed E-state index contributed by atoms with van der Waals surface area (Å²) in [6, 6.07) is 7.76. The van der Waals surface area contributed by atoms with Crippen molar-refractivity contribution in [1.82, 2.24) is 19.4 Å². The summed E-state index contributed by atoms with van der Waals surface area (Å²) in [4.78, 5) is 38.5. The van der Waals surface area contributed by atoms with Crippen LogP contribution in [-0.4, -0.2) is 65.7 Å². The highest BCUT2D eigenvalue weighted by Crippen LogP contribution is 2.38. The minimum absolute atomic E-state index is 0.155. The van der Waals surface area contributed by atoms with Gasteiger partial charge in [0.2, 0.25) is 11.9 Å². The molecule has 218 valence electrons. The van der Waals surface area contributed by atoms with E-state index in [-0.39, 0.29) is 29.0 Å². The number of likely N-dealkylation sites (N-methyl/N-ethyl adjacent to an activating group) is 1. The second-order valence-corrected chi connectivity index (χ2v) is 9.70. The summed E-state index contributed by atoms with van der Waals surface area (Å²) in [7, 11) is 5.08. The Bertz CT molecular complexity index is 1740. The number of hydrogen-bond acceptors (Lipinski definition) is 9. The molecule has 11 nitrogen and oxygen atoms in total. The van der Waals surface area contributed by atoms with E-state index in [1.165, 1.54) is 37.1 Å². The van der Waals surface area contributed by atoms with Crippen LogP contribution in [0, 0.1) is 11.6 Å². The van der Waals surface area contributed by atoms with E-state index < -0.39 is 17.2 Å². The maximum Gasteiger partial charge on any atom is 0.294 e. The predicted molar refractivity (Wildman–Crippen MR) is 156 cm³/mol. The Balaban J connectivity index is 1.49. The van der Waals surface area contributed by atoms with Crippen LogP contribution in [0.5, 0.6) is 17.2 Å². The van der Waals surface area contributed by atoms with Crippen molar-refractivity contribution in [2.75, 3.05) is 55.9 Å². The summed E-state index contributed by atoms with van der Waals surface area (Å²) < 4.78 is 39.7. The molecule has 2 aromatic heterocycles. The molecule has 1 aliphatic heterocycles. The number of ether oxygens (including phenoxy) is 2. The third-order valence-corrected chi connectivity index (χ3v) is 6.88. The van der Waals surface area contributed by atoms with Gasteiger partial charge in [-0.25, -0.2) is 13.8 Å². The molecule has 3 heterocycles. The van der Waals surface area contributed by atoms with E-state index in [4.69, 9.17) is 9.47 Å². The SMILES string of the molecule is C=CC(=O)Nc1cc(Nc2ncc3cc(Oc4ccc(F)cc4F)c(=O)n(C)c3n2)c(OC)cc1N1CCN(C)CC1. The third-order valence-electron chi connectivity index (χ3n) is 6.88. The fourth-order valence-electron chi connectivity index (χ4n) is 4.58. The summed E-state index contributed by atoms with van der Waals surface area (Å²) >= 11 is 0. The first kappa shape index (κ1) is 28.5. The minimum Gasteiger partial charge on any atom is -0.494 e. The maximum atomic E-state index is 14.1. The smallest absolute Gasteiger partial charge is 0.294 e.